The van der Waals surface area contributed by atoms with E-state index in [1.54, 1.807) is 19.1 Å². The van der Waals surface area contributed by atoms with Gasteiger partial charge in [-0.05, 0) is 13.0 Å². The number of para-hydroxylation sites is 1. The van der Waals surface area contributed by atoms with E-state index >= 15 is 0 Å². The minimum atomic E-state index is -0.526. The molecule has 5 heteroatoms. The smallest absolute Gasteiger partial charge is 0.270 e. The van der Waals surface area contributed by atoms with Crippen LogP contribution in [0.25, 0.3) is 11.0 Å². The van der Waals surface area contributed by atoms with E-state index in [-0.39, 0.29) is 22.8 Å². The highest BCUT2D eigenvalue weighted by atomic mass is 16.6. The average Bonchev–Trinajstić information content (AvgIpc) is 2.84. The van der Waals surface area contributed by atoms with E-state index in [2.05, 4.69) is 0 Å². The molecule has 1 heterocycles. The standard InChI is InChI=1S/C16H11NO4/c1-10-13-7-2-3-8-14(13)21-16(10)15(18)11-5-4-6-12(9-11)17(19)20/h2-9H,1H3. The van der Waals surface area contributed by atoms with Crippen molar-refractivity contribution in [3.63, 3.8) is 0 Å². The summed E-state index contributed by atoms with van der Waals surface area (Å²) in [6.07, 6.45) is 0. The molecule has 3 aromatic rings. The largest absolute Gasteiger partial charge is 0.452 e. The summed E-state index contributed by atoms with van der Waals surface area (Å²) >= 11 is 0. The van der Waals surface area contributed by atoms with Crippen LogP contribution < -0.4 is 0 Å². The minimum Gasteiger partial charge on any atom is -0.452 e. The molecule has 0 saturated heterocycles. The number of fused-ring (bicyclic) bond motifs is 1. The Morgan fingerprint density at radius 1 is 1.14 bits per heavy atom. The fraction of sp³-hybridized carbons (Fsp3) is 0.0625. The molecule has 0 atom stereocenters. The van der Waals surface area contributed by atoms with Gasteiger partial charge in [-0.25, -0.2) is 0 Å². The Morgan fingerprint density at radius 3 is 2.62 bits per heavy atom. The Hall–Kier alpha value is -2.95. The molecule has 0 bridgehead atoms. The number of rotatable bonds is 3. The molecule has 21 heavy (non-hydrogen) atoms. The Labute approximate surface area is 120 Å². The lowest BCUT2D eigenvalue weighted by molar-refractivity contribution is -0.384. The summed E-state index contributed by atoms with van der Waals surface area (Å²) in [5, 5.41) is 11.7. The van der Waals surface area contributed by atoms with Crippen LogP contribution in [0.5, 0.6) is 0 Å². The Balaban J connectivity index is 2.10. The molecule has 0 amide bonds. The SMILES string of the molecule is Cc1c(C(=O)c2cccc([N+](=O)[O-])c2)oc2ccccc12. The number of carbonyl (C=O) groups excluding carboxylic acids is 1. The average molecular weight is 281 g/mol. The van der Waals surface area contributed by atoms with E-state index < -0.39 is 4.92 Å². The summed E-state index contributed by atoms with van der Waals surface area (Å²) in [7, 11) is 0. The Kier molecular flexibility index (Phi) is 3.02. The second-order valence-corrected chi connectivity index (χ2v) is 4.69. The van der Waals surface area contributed by atoms with Crippen LogP contribution in [0.4, 0.5) is 5.69 Å². The van der Waals surface area contributed by atoms with E-state index in [1.165, 1.54) is 18.2 Å². The number of non-ortho nitro benzene ring substituents is 1. The topological polar surface area (TPSA) is 73.3 Å². The van der Waals surface area contributed by atoms with Gasteiger partial charge in [0.25, 0.3) is 5.69 Å². The highest BCUT2D eigenvalue weighted by molar-refractivity contribution is 6.10. The molecule has 0 radical (unpaired) electrons. The molecule has 104 valence electrons. The zero-order valence-electron chi connectivity index (χ0n) is 11.2. The van der Waals surface area contributed by atoms with E-state index in [1.807, 2.05) is 18.2 Å². The number of hydrogen-bond acceptors (Lipinski definition) is 4. The number of benzene rings is 2. The van der Waals surface area contributed by atoms with Crippen molar-refractivity contribution >= 4 is 22.4 Å². The van der Waals surface area contributed by atoms with Crippen LogP contribution in [0, 0.1) is 17.0 Å². The monoisotopic (exact) mass is 281 g/mol. The molecule has 2 aromatic carbocycles. The summed E-state index contributed by atoms with van der Waals surface area (Å²) < 4.78 is 5.60. The summed E-state index contributed by atoms with van der Waals surface area (Å²) in [4.78, 5) is 22.8. The molecular weight excluding hydrogens is 270 g/mol. The van der Waals surface area contributed by atoms with Crippen LogP contribution in [0.3, 0.4) is 0 Å². The number of nitrogens with zero attached hydrogens (tertiary/aromatic N) is 1. The first-order chi connectivity index (χ1) is 10.1. The van der Waals surface area contributed by atoms with E-state index in [0.717, 1.165) is 10.9 Å². The van der Waals surface area contributed by atoms with E-state index in [4.69, 9.17) is 4.42 Å². The van der Waals surface area contributed by atoms with Crippen LogP contribution in [0.2, 0.25) is 0 Å². The molecule has 0 aliphatic rings. The van der Waals surface area contributed by atoms with Gasteiger partial charge in [-0.15, -0.1) is 0 Å². The zero-order valence-corrected chi connectivity index (χ0v) is 11.2. The van der Waals surface area contributed by atoms with Crippen molar-refractivity contribution in [1.82, 2.24) is 0 Å². The number of nitro benzene ring substituents is 1. The maximum absolute atomic E-state index is 12.5. The van der Waals surface area contributed by atoms with Crippen molar-refractivity contribution in [2.75, 3.05) is 0 Å². The first-order valence-corrected chi connectivity index (χ1v) is 6.35. The molecule has 0 N–H and O–H groups in total. The molecule has 0 unspecified atom stereocenters. The van der Waals surface area contributed by atoms with Crippen molar-refractivity contribution in [2.45, 2.75) is 6.92 Å². The second kappa shape index (κ2) is 4.86. The summed E-state index contributed by atoms with van der Waals surface area (Å²) in [6.45, 7) is 1.80. The highest BCUT2D eigenvalue weighted by Crippen LogP contribution is 2.27. The maximum Gasteiger partial charge on any atom is 0.270 e. The fourth-order valence-corrected chi connectivity index (χ4v) is 2.28. The lowest BCUT2D eigenvalue weighted by Gasteiger charge is -1.99. The number of hydrogen-bond donors (Lipinski definition) is 0. The van der Waals surface area contributed by atoms with E-state index in [9.17, 15) is 14.9 Å². The number of ketones is 1. The molecule has 0 fully saturated rings. The fourth-order valence-electron chi connectivity index (χ4n) is 2.28. The van der Waals surface area contributed by atoms with E-state index in [0.29, 0.717) is 5.58 Å². The van der Waals surface area contributed by atoms with Gasteiger partial charge in [-0.3, -0.25) is 14.9 Å². The van der Waals surface area contributed by atoms with Gasteiger partial charge in [0.2, 0.25) is 5.78 Å². The molecule has 0 saturated carbocycles. The minimum absolute atomic E-state index is 0.116. The van der Waals surface area contributed by atoms with Crippen LogP contribution in [0.15, 0.2) is 52.9 Å². The van der Waals surface area contributed by atoms with Gasteiger partial charge in [0.1, 0.15) is 5.58 Å². The molecule has 1 aromatic heterocycles. The molecule has 0 aliphatic heterocycles. The number of aryl methyl sites for hydroxylation is 1. The van der Waals surface area contributed by atoms with Crippen LogP contribution in [0.1, 0.15) is 21.7 Å². The maximum atomic E-state index is 12.5. The van der Waals surface area contributed by atoms with Crippen molar-refractivity contribution in [1.29, 1.82) is 0 Å². The molecule has 5 nitrogen and oxygen atoms in total. The first-order valence-electron chi connectivity index (χ1n) is 6.35. The predicted molar refractivity (Wildman–Crippen MR) is 77.5 cm³/mol. The molecule has 3 rings (SSSR count). The van der Waals surface area contributed by atoms with Crippen molar-refractivity contribution in [3.8, 4) is 0 Å². The summed E-state index contributed by atoms with van der Waals surface area (Å²) in [5.41, 5.74) is 1.49. The lowest BCUT2D eigenvalue weighted by atomic mass is 10.0. The van der Waals surface area contributed by atoms with Crippen molar-refractivity contribution in [3.05, 3.63) is 75.5 Å². The third-order valence-electron chi connectivity index (χ3n) is 3.37. The normalized spacial score (nSPS) is 10.7. The first kappa shape index (κ1) is 13.1. The summed E-state index contributed by atoms with van der Waals surface area (Å²) in [5.74, 6) is -0.135. The second-order valence-electron chi connectivity index (χ2n) is 4.69. The molecule has 0 spiro atoms. The van der Waals surface area contributed by atoms with Crippen LogP contribution in [-0.2, 0) is 0 Å². The summed E-state index contributed by atoms with van der Waals surface area (Å²) in [6, 6.07) is 13.0. The van der Waals surface area contributed by atoms with Gasteiger partial charge in [-0.2, -0.15) is 0 Å². The van der Waals surface area contributed by atoms with Gasteiger partial charge in [0, 0.05) is 28.6 Å². The molecular formula is C16H11NO4. The van der Waals surface area contributed by atoms with Gasteiger partial charge < -0.3 is 4.42 Å². The quantitative estimate of drug-likeness (QED) is 0.415. The van der Waals surface area contributed by atoms with Crippen LogP contribution in [-0.4, -0.2) is 10.7 Å². The third-order valence-corrected chi connectivity index (χ3v) is 3.37. The molecule has 0 aliphatic carbocycles. The van der Waals surface area contributed by atoms with Gasteiger partial charge >= 0.3 is 0 Å². The predicted octanol–water partition coefficient (Wildman–Crippen LogP) is 3.88. The van der Waals surface area contributed by atoms with Crippen LogP contribution >= 0.6 is 0 Å². The van der Waals surface area contributed by atoms with Crippen molar-refractivity contribution in [2.24, 2.45) is 0 Å². The van der Waals surface area contributed by atoms with Gasteiger partial charge in [0.05, 0.1) is 4.92 Å². The Bertz CT molecular complexity index is 864. The Morgan fingerprint density at radius 2 is 1.90 bits per heavy atom. The number of nitro groups is 1. The number of carbonyl (C=O) groups is 1. The third kappa shape index (κ3) is 2.18. The number of furan rings is 1. The van der Waals surface area contributed by atoms with Gasteiger partial charge in [-0.1, -0.05) is 30.3 Å². The lowest BCUT2D eigenvalue weighted by Crippen LogP contribution is -2.02. The van der Waals surface area contributed by atoms with Gasteiger partial charge in [0.15, 0.2) is 5.76 Å². The zero-order chi connectivity index (χ0) is 15.0. The van der Waals surface area contributed by atoms with Crippen molar-refractivity contribution < 1.29 is 14.1 Å². The highest BCUT2D eigenvalue weighted by Gasteiger charge is 2.20.